The largest absolute Gasteiger partial charge is 0.480 e. The van der Waals surface area contributed by atoms with Crippen molar-refractivity contribution in [3.63, 3.8) is 0 Å². The van der Waals surface area contributed by atoms with Gasteiger partial charge < -0.3 is 5.11 Å². The molecule has 12 heavy (non-hydrogen) atoms. The molecule has 0 amide bonds. The molecule has 0 bridgehead atoms. The van der Waals surface area contributed by atoms with E-state index in [-0.39, 0.29) is 5.25 Å². The molecule has 1 unspecified atom stereocenters. The zero-order valence-electron chi connectivity index (χ0n) is 7.88. The van der Waals surface area contributed by atoms with Gasteiger partial charge in [0.1, 0.15) is 5.25 Å². The molecule has 0 saturated carbocycles. The molecule has 3 heteroatoms. The highest BCUT2D eigenvalue weighted by atomic mass is 32.2. The summed E-state index contributed by atoms with van der Waals surface area (Å²) < 4.78 is 0. The first kappa shape index (κ1) is 11.8. The maximum atomic E-state index is 10.7. The number of rotatable bonds is 7. The third-order valence-electron chi connectivity index (χ3n) is 1.62. The molecule has 0 aliphatic heterocycles. The molecular weight excluding hydrogens is 172 g/mol. The maximum absolute atomic E-state index is 10.7. The first-order valence-electron chi connectivity index (χ1n) is 4.56. The van der Waals surface area contributed by atoms with Gasteiger partial charge in [0.15, 0.2) is 0 Å². The van der Waals surface area contributed by atoms with Gasteiger partial charge in [0, 0.05) is 0 Å². The highest BCUT2D eigenvalue weighted by molar-refractivity contribution is 8.00. The number of carboxylic acid groups (broad SMARTS) is 1. The minimum Gasteiger partial charge on any atom is -0.480 e. The van der Waals surface area contributed by atoms with Crippen LogP contribution in [-0.4, -0.2) is 22.1 Å². The molecule has 1 atom stereocenters. The molecule has 0 spiro atoms. The summed E-state index contributed by atoms with van der Waals surface area (Å²) >= 11 is 1.57. The molecule has 0 aromatic rings. The Hall–Kier alpha value is -0.180. The minimum absolute atomic E-state index is 0.176. The second-order valence-electron chi connectivity index (χ2n) is 2.84. The summed E-state index contributed by atoms with van der Waals surface area (Å²) in [5.41, 5.74) is 0. The molecule has 0 radical (unpaired) electrons. The van der Waals surface area contributed by atoms with E-state index in [2.05, 4.69) is 13.8 Å². The van der Waals surface area contributed by atoms with Crippen LogP contribution in [0.2, 0.25) is 0 Å². The van der Waals surface area contributed by atoms with Crippen LogP contribution in [0.5, 0.6) is 0 Å². The quantitative estimate of drug-likeness (QED) is 0.670. The number of hydrogen-bond acceptors (Lipinski definition) is 2. The number of unbranched alkanes of at least 4 members (excludes halogenated alkanes) is 1. The fourth-order valence-corrected chi connectivity index (χ4v) is 1.92. The third kappa shape index (κ3) is 5.47. The van der Waals surface area contributed by atoms with Crippen molar-refractivity contribution in [1.29, 1.82) is 0 Å². The summed E-state index contributed by atoms with van der Waals surface area (Å²) in [5, 5.41) is 8.63. The molecule has 72 valence electrons. The Labute approximate surface area is 78.7 Å². The summed E-state index contributed by atoms with van der Waals surface area (Å²) in [4.78, 5) is 10.7. The van der Waals surface area contributed by atoms with E-state index in [0.717, 1.165) is 31.4 Å². The average molecular weight is 190 g/mol. The zero-order valence-corrected chi connectivity index (χ0v) is 8.69. The summed E-state index contributed by atoms with van der Waals surface area (Å²) in [6, 6.07) is 0. The number of aliphatic carboxylic acids is 1. The summed E-state index contributed by atoms with van der Waals surface area (Å²) in [6.45, 7) is 4.16. The number of carboxylic acids is 1. The van der Waals surface area contributed by atoms with Crippen molar-refractivity contribution in [1.82, 2.24) is 0 Å². The van der Waals surface area contributed by atoms with Gasteiger partial charge in [-0.3, -0.25) is 4.79 Å². The Kier molecular flexibility index (Phi) is 7.36. The Bertz CT molecular complexity index is 118. The van der Waals surface area contributed by atoms with Gasteiger partial charge in [0.25, 0.3) is 0 Å². The zero-order chi connectivity index (χ0) is 9.40. The van der Waals surface area contributed by atoms with Gasteiger partial charge in [-0.25, -0.2) is 0 Å². The van der Waals surface area contributed by atoms with E-state index in [4.69, 9.17) is 5.11 Å². The molecule has 0 saturated heterocycles. The Balaban J connectivity index is 3.62. The van der Waals surface area contributed by atoms with Crippen molar-refractivity contribution >= 4 is 17.7 Å². The molecule has 0 rings (SSSR count). The molecule has 0 heterocycles. The predicted octanol–water partition coefficient (Wildman–Crippen LogP) is 2.77. The standard InChI is InChI=1S/C9H18O2S/c1-3-5-6-8(9(10)11)12-7-4-2/h8H,3-7H2,1-2H3,(H,10,11). The van der Waals surface area contributed by atoms with Crippen molar-refractivity contribution in [2.45, 2.75) is 44.8 Å². The van der Waals surface area contributed by atoms with Gasteiger partial charge >= 0.3 is 5.97 Å². The van der Waals surface area contributed by atoms with Crippen LogP contribution in [0.1, 0.15) is 39.5 Å². The second-order valence-corrected chi connectivity index (χ2v) is 4.15. The number of thioether (sulfide) groups is 1. The fourth-order valence-electron chi connectivity index (χ4n) is 0.928. The van der Waals surface area contributed by atoms with Crippen LogP contribution in [-0.2, 0) is 4.79 Å². The Morgan fingerprint density at radius 3 is 2.50 bits per heavy atom. The Morgan fingerprint density at radius 2 is 2.08 bits per heavy atom. The van der Waals surface area contributed by atoms with E-state index in [1.54, 1.807) is 11.8 Å². The molecule has 1 N–H and O–H groups in total. The van der Waals surface area contributed by atoms with E-state index in [9.17, 15) is 4.79 Å². The second kappa shape index (κ2) is 7.47. The van der Waals surface area contributed by atoms with E-state index in [0.29, 0.717) is 0 Å². The molecule has 0 aliphatic rings. The van der Waals surface area contributed by atoms with Gasteiger partial charge in [-0.2, -0.15) is 0 Å². The minimum atomic E-state index is -0.651. The lowest BCUT2D eigenvalue weighted by atomic mass is 10.2. The van der Waals surface area contributed by atoms with E-state index >= 15 is 0 Å². The molecular formula is C9H18O2S. The number of hydrogen-bond donors (Lipinski definition) is 1. The number of carbonyl (C=O) groups is 1. The van der Waals surface area contributed by atoms with Gasteiger partial charge in [-0.1, -0.05) is 26.7 Å². The van der Waals surface area contributed by atoms with Crippen LogP contribution in [0.15, 0.2) is 0 Å². The van der Waals surface area contributed by atoms with Crippen LogP contribution < -0.4 is 0 Å². The monoisotopic (exact) mass is 190 g/mol. The molecule has 0 fully saturated rings. The van der Waals surface area contributed by atoms with Crippen molar-refractivity contribution in [3.05, 3.63) is 0 Å². The average Bonchev–Trinajstić information content (AvgIpc) is 2.04. The van der Waals surface area contributed by atoms with Crippen molar-refractivity contribution in [2.75, 3.05) is 5.75 Å². The topological polar surface area (TPSA) is 37.3 Å². The summed E-state index contributed by atoms with van der Waals surface area (Å²) in [7, 11) is 0. The maximum Gasteiger partial charge on any atom is 0.316 e. The fraction of sp³-hybridized carbons (Fsp3) is 0.889. The lowest BCUT2D eigenvalue weighted by Crippen LogP contribution is -2.16. The third-order valence-corrected chi connectivity index (χ3v) is 3.10. The molecule has 0 aliphatic carbocycles. The lowest BCUT2D eigenvalue weighted by molar-refractivity contribution is -0.136. The van der Waals surface area contributed by atoms with Crippen LogP contribution >= 0.6 is 11.8 Å². The Morgan fingerprint density at radius 1 is 1.42 bits per heavy atom. The van der Waals surface area contributed by atoms with E-state index in [1.165, 1.54) is 0 Å². The van der Waals surface area contributed by atoms with E-state index in [1.807, 2.05) is 0 Å². The van der Waals surface area contributed by atoms with Crippen molar-refractivity contribution in [3.8, 4) is 0 Å². The first-order chi connectivity index (χ1) is 5.72. The first-order valence-corrected chi connectivity index (χ1v) is 5.61. The predicted molar refractivity (Wildman–Crippen MR) is 53.7 cm³/mol. The van der Waals surface area contributed by atoms with Crippen LogP contribution in [0.3, 0.4) is 0 Å². The van der Waals surface area contributed by atoms with Crippen molar-refractivity contribution in [2.24, 2.45) is 0 Å². The van der Waals surface area contributed by atoms with Crippen molar-refractivity contribution < 1.29 is 9.90 Å². The van der Waals surface area contributed by atoms with Gasteiger partial charge in [0.05, 0.1) is 0 Å². The molecule has 0 aromatic heterocycles. The lowest BCUT2D eigenvalue weighted by Gasteiger charge is -2.09. The highest BCUT2D eigenvalue weighted by Gasteiger charge is 2.15. The van der Waals surface area contributed by atoms with E-state index < -0.39 is 5.97 Å². The highest BCUT2D eigenvalue weighted by Crippen LogP contribution is 2.18. The summed E-state index contributed by atoms with van der Waals surface area (Å²) in [6.07, 6.45) is 3.97. The van der Waals surface area contributed by atoms with Gasteiger partial charge in [-0.05, 0) is 18.6 Å². The van der Waals surface area contributed by atoms with Gasteiger partial charge in [0.2, 0.25) is 0 Å². The van der Waals surface area contributed by atoms with Crippen LogP contribution in [0.4, 0.5) is 0 Å². The van der Waals surface area contributed by atoms with Crippen LogP contribution in [0, 0.1) is 0 Å². The SMILES string of the molecule is CCCCC(SCCC)C(=O)O. The normalized spacial score (nSPS) is 12.8. The summed E-state index contributed by atoms with van der Waals surface area (Å²) in [5.74, 6) is 0.308. The van der Waals surface area contributed by atoms with Gasteiger partial charge in [-0.15, -0.1) is 11.8 Å². The molecule has 0 aromatic carbocycles. The molecule has 2 nitrogen and oxygen atoms in total. The van der Waals surface area contributed by atoms with Crippen LogP contribution in [0.25, 0.3) is 0 Å². The smallest absolute Gasteiger partial charge is 0.316 e.